The van der Waals surface area contributed by atoms with E-state index in [0.29, 0.717) is 19.3 Å². The van der Waals surface area contributed by atoms with Crippen LogP contribution in [0, 0.1) is 5.41 Å². The highest BCUT2D eigenvalue weighted by Crippen LogP contribution is 2.41. The van der Waals surface area contributed by atoms with Crippen LogP contribution in [-0.4, -0.2) is 39.8 Å². The van der Waals surface area contributed by atoms with Gasteiger partial charge in [0.2, 0.25) is 0 Å². The molecule has 0 spiro atoms. The molecule has 1 atom stereocenters. The van der Waals surface area contributed by atoms with Crippen molar-refractivity contribution in [2.24, 2.45) is 5.41 Å². The molecule has 0 aliphatic carbocycles. The van der Waals surface area contributed by atoms with Crippen LogP contribution in [0.4, 0.5) is 5.69 Å². The van der Waals surface area contributed by atoms with E-state index in [0.717, 1.165) is 19.4 Å². The number of rotatable bonds is 6. The molecular weight excluding hydrogens is 294 g/mol. The van der Waals surface area contributed by atoms with Crippen molar-refractivity contribution in [3.8, 4) is 0 Å². The second-order valence-electron chi connectivity index (χ2n) is 6.34. The molecule has 0 N–H and O–H groups in total. The van der Waals surface area contributed by atoms with Gasteiger partial charge in [-0.15, -0.1) is 0 Å². The maximum atomic E-state index is 11.9. The number of hydrogen-bond acceptors (Lipinski definition) is 5. The van der Waals surface area contributed by atoms with Gasteiger partial charge in [-0.05, 0) is 30.9 Å². The van der Waals surface area contributed by atoms with Crippen molar-refractivity contribution >= 4 is 17.6 Å². The van der Waals surface area contributed by atoms with Gasteiger partial charge in [-0.25, -0.2) is 0 Å². The van der Waals surface area contributed by atoms with E-state index in [1.165, 1.54) is 25.5 Å². The maximum Gasteiger partial charge on any atom is 0.306 e. The van der Waals surface area contributed by atoms with Gasteiger partial charge in [-0.2, -0.15) is 0 Å². The molecule has 0 amide bonds. The standard InChI is InChI=1S/C18H25NO4/c1-19-13-18(12-17(21)23-3,10-6-9-16(20)22-2)11-14-7-4-5-8-15(14)19/h4-5,7-8H,6,9-13H2,1-3H3/t18-/m1/s1. The summed E-state index contributed by atoms with van der Waals surface area (Å²) in [5.41, 5.74) is 2.24. The minimum atomic E-state index is -0.206. The molecule has 0 saturated heterocycles. The first-order chi connectivity index (χ1) is 11.0. The lowest BCUT2D eigenvalue weighted by molar-refractivity contribution is -0.143. The number of esters is 2. The van der Waals surface area contributed by atoms with Crippen molar-refractivity contribution in [2.75, 3.05) is 32.7 Å². The Kier molecular flexibility index (Phi) is 5.64. The van der Waals surface area contributed by atoms with E-state index >= 15 is 0 Å². The quantitative estimate of drug-likeness (QED) is 0.754. The average molecular weight is 319 g/mol. The zero-order valence-corrected chi connectivity index (χ0v) is 14.1. The van der Waals surface area contributed by atoms with Gasteiger partial charge in [0, 0.05) is 31.1 Å². The lowest BCUT2D eigenvalue weighted by atomic mass is 9.72. The molecule has 0 fully saturated rings. The fraction of sp³-hybridized carbons (Fsp3) is 0.556. The van der Waals surface area contributed by atoms with Gasteiger partial charge in [-0.1, -0.05) is 18.2 Å². The maximum absolute atomic E-state index is 11.9. The second kappa shape index (κ2) is 7.49. The van der Waals surface area contributed by atoms with E-state index < -0.39 is 0 Å². The summed E-state index contributed by atoms with van der Waals surface area (Å²) in [7, 11) is 4.87. The summed E-state index contributed by atoms with van der Waals surface area (Å²) in [5.74, 6) is -0.404. The van der Waals surface area contributed by atoms with E-state index in [4.69, 9.17) is 9.47 Å². The molecule has 5 heteroatoms. The van der Waals surface area contributed by atoms with Crippen molar-refractivity contribution in [1.82, 2.24) is 0 Å². The van der Waals surface area contributed by atoms with Gasteiger partial charge >= 0.3 is 11.9 Å². The van der Waals surface area contributed by atoms with Gasteiger partial charge in [0.1, 0.15) is 0 Å². The van der Waals surface area contributed by atoms with Crippen LogP contribution in [0.2, 0.25) is 0 Å². The summed E-state index contributed by atoms with van der Waals surface area (Å²) >= 11 is 0. The number of benzene rings is 1. The van der Waals surface area contributed by atoms with Crippen molar-refractivity contribution in [3.63, 3.8) is 0 Å². The smallest absolute Gasteiger partial charge is 0.306 e. The molecule has 1 heterocycles. The molecule has 2 rings (SSSR count). The Hall–Kier alpha value is -2.04. The molecule has 1 aromatic carbocycles. The molecule has 0 radical (unpaired) electrons. The number of methoxy groups -OCH3 is 2. The summed E-state index contributed by atoms with van der Waals surface area (Å²) in [6.07, 6.45) is 3.06. The number of anilines is 1. The largest absolute Gasteiger partial charge is 0.469 e. The number of para-hydroxylation sites is 1. The van der Waals surface area contributed by atoms with Crippen LogP contribution in [0.25, 0.3) is 0 Å². The van der Waals surface area contributed by atoms with Crippen LogP contribution in [0.1, 0.15) is 31.2 Å². The average Bonchev–Trinajstić information content (AvgIpc) is 2.54. The van der Waals surface area contributed by atoms with Gasteiger partial charge in [-0.3, -0.25) is 9.59 Å². The molecule has 1 aliphatic rings. The Morgan fingerprint density at radius 1 is 1.17 bits per heavy atom. The Balaban J connectivity index is 2.18. The summed E-state index contributed by atoms with van der Waals surface area (Å²) in [4.78, 5) is 25.5. The van der Waals surface area contributed by atoms with E-state index in [9.17, 15) is 9.59 Å². The molecule has 1 aliphatic heterocycles. The van der Waals surface area contributed by atoms with Gasteiger partial charge in [0.25, 0.3) is 0 Å². The fourth-order valence-electron chi connectivity index (χ4n) is 3.54. The number of hydrogen-bond donors (Lipinski definition) is 0. The molecule has 0 unspecified atom stereocenters. The molecular formula is C18H25NO4. The number of fused-ring (bicyclic) bond motifs is 1. The summed E-state index contributed by atoms with van der Waals surface area (Å²) in [5, 5.41) is 0. The highest BCUT2D eigenvalue weighted by Gasteiger charge is 2.38. The van der Waals surface area contributed by atoms with E-state index in [2.05, 4.69) is 17.0 Å². The molecule has 0 aromatic heterocycles. The first-order valence-corrected chi connectivity index (χ1v) is 7.92. The van der Waals surface area contributed by atoms with E-state index in [1.54, 1.807) is 0 Å². The number of ether oxygens (including phenoxy) is 2. The topological polar surface area (TPSA) is 55.8 Å². The van der Waals surface area contributed by atoms with Crippen LogP contribution < -0.4 is 4.90 Å². The van der Waals surface area contributed by atoms with Gasteiger partial charge < -0.3 is 14.4 Å². The number of carbonyl (C=O) groups excluding carboxylic acids is 2. The van der Waals surface area contributed by atoms with Crippen molar-refractivity contribution in [3.05, 3.63) is 29.8 Å². The molecule has 0 saturated carbocycles. The van der Waals surface area contributed by atoms with Gasteiger partial charge in [0.15, 0.2) is 0 Å². The third-order valence-electron chi connectivity index (χ3n) is 4.60. The van der Waals surface area contributed by atoms with Crippen LogP contribution in [-0.2, 0) is 25.5 Å². The highest BCUT2D eigenvalue weighted by atomic mass is 16.5. The predicted molar refractivity (Wildman–Crippen MR) is 88.3 cm³/mol. The second-order valence-corrected chi connectivity index (χ2v) is 6.34. The number of carbonyl (C=O) groups is 2. The summed E-state index contributed by atoms with van der Waals surface area (Å²) < 4.78 is 9.61. The minimum absolute atomic E-state index is 0.198. The van der Waals surface area contributed by atoms with E-state index in [-0.39, 0.29) is 17.4 Å². The number of nitrogens with zero attached hydrogens (tertiary/aromatic N) is 1. The SMILES string of the molecule is COC(=O)CCC[C@]1(CC(=O)OC)Cc2ccccc2N(C)C1. The Morgan fingerprint density at radius 3 is 2.57 bits per heavy atom. The Labute approximate surface area is 137 Å². The summed E-state index contributed by atoms with van der Waals surface area (Å²) in [6, 6.07) is 8.26. The predicted octanol–water partition coefficient (Wildman–Crippen LogP) is 2.57. The Morgan fingerprint density at radius 2 is 1.87 bits per heavy atom. The third kappa shape index (κ3) is 4.24. The Bertz CT molecular complexity index is 572. The molecule has 23 heavy (non-hydrogen) atoms. The minimum Gasteiger partial charge on any atom is -0.469 e. The van der Waals surface area contributed by atoms with Crippen molar-refractivity contribution < 1.29 is 19.1 Å². The van der Waals surface area contributed by atoms with E-state index in [1.807, 2.05) is 19.2 Å². The summed E-state index contributed by atoms with van der Waals surface area (Å²) in [6.45, 7) is 0.778. The lowest BCUT2D eigenvalue weighted by Crippen LogP contribution is -2.43. The van der Waals surface area contributed by atoms with Crippen LogP contribution >= 0.6 is 0 Å². The first-order valence-electron chi connectivity index (χ1n) is 7.92. The lowest BCUT2D eigenvalue weighted by Gasteiger charge is -2.43. The molecule has 1 aromatic rings. The fourth-order valence-corrected chi connectivity index (χ4v) is 3.54. The van der Waals surface area contributed by atoms with Gasteiger partial charge in [0.05, 0.1) is 20.6 Å². The zero-order chi connectivity index (χ0) is 16.9. The molecule has 5 nitrogen and oxygen atoms in total. The highest BCUT2D eigenvalue weighted by molar-refractivity contribution is 5.71. The zero-order valence-electron chi connectivity index (χ0n) is 14.1. The molecule has 126 valence electrons. The first kappa shape index (κ1) is 17.3. The normalized spacial score (nSPS) is 19.9. The van der Waals surface area contributed by atoms with Crippen molar-refractivity contribution in [1.29, 1.82) is 0 Å². The third-order valence-corrected chi connectivity index (χ3v) is 4.60. The monoisotopic (exact) mass is 319 g/mol. The van der Waals surface area contributed by atoms with Crippen LogP contribution in [0.5, 0.6) is 0 Å². The van der Waals surface area contributed by atoms with Crippen LogP contribution in [0.15, 0.2) is 24.3 Å². The molecule has 0 bridgehead atoms. The van der Waals surface area contributed by atoms with Crippen molar-refractivity contribution in [2.45, 2.75) is 32.1 Å². The van der Waals surface area contributed by atoms with Crippen LogP contribution in [0.3, 0.4) is 0 Å².